The molecule has 0 fully saturated rings. The first-order valence-electron chi connectivity index (χ1n) is 7.18. The highest BCUT2D eigenvalue weighted by atomic mass is 32.1. The maximum Gasteiger partial charge on any atom is 0.341 e. The summed E-state index contributed by atoms with van der Waals surface area (Å²) in [6.07, 6.45) is 1.96. The normalized spacial score (nSPS) is 10.3. The fraction of sp³-hybridized carbons (Fsp3) is 0.312. The second kappa shape index (κ2) is 8.28. The number of carboxylic acids is 1. The van der Waals surface area contributed by atoms with Crippen LogP contribution >= 0.6 is 11.3 Å². The molecule has 1 amide bonds. The minimum absolute atomic E-state index is 0.0591. The number of hydrogen-bond acceptors (Lipinski definition) is 5. The highest BCUT2D eigenvalue weighted by Crippen LogP contribution is 2.16. The molecule has 23 heavy (non-hydrogen) atoms. The Morgan fingerprint density at radius 2 is 2.04 bits per heavy atom. The number of aryl methyl sites for hydroxylation is 2. The van der Waals surface area contributed by atoms with Crippen molar-refractivity contribution in [2.45, 2.75) is 26.2 Å². The fourth-order valence-corrected chi connectivity index (χ4v) is 2.60. The third-order valence-electron chi connectivity index (χ3n) is 3.00. The van der Waals surface area contributed by atoms with E-state index in [1.807, 2.05) is 12.3 Å². The van der Waals surface area contributed by atoms with Crippen molar-refractivity contribution in [3.63, 3.8) is 0 Å². The smallest absolute Gasteiger partial charge is 0.341 e. The number of benzene rings is 1. The number of rotatable bonds is 8. The van der Waals surface area contributed by atoms with Crippen molar-refractivity contribution in [2.24, 2.45) is 0 Å². The van der Waals surface area contributed by atoms with Gasteiger partial charge in [-0.15, -0.1) is 11.3 Å². The van der Waals surface area contributed by atoms with Crippen LogP contribution in [0.5, 0.6) is 5.75 Å². The van der Waals surface area contributed by atoms with Gasteiger partial charge in [-0.05, 0) is 44.0 Å². The van der Waals surface area contributed by atoms with Crippen LogP contribution in [0.1, 0.15) is 23.5 Å². The van der Waals surface area contributed by atoms with Crippen molar-refractivity contribution in [1.29, 1.82) is 0 Å². The van der Waals surface area contributed by atoms with Gasteiger partial charge in [0.15, 0.2) is 6.61 Å². The summed E-state index contributed by atoms with van der Waals surface area (Å²) in [5.41, 5.74) is 1.68. The number of carboxylic acid groups (broad SMARTS) is 1. The van der Waals surface area contributed by atoms with Crippen LogP contribution in [0.15, 0.2) is 29.6 Å². The van der Waals surface area contributed by atoms with E-state index >= 15 is 0 Å². The Kier molecular flexibility index (Phi) is 6.10. The van der Waals surface area contributed by atoms with E-state index in [0.717, 1.165) is 23.5 Å². The lowest BCUT2D eigenvalue weighted by atomic mass is 10.2. The van der Waals surface area contributed by atoms with Crippen LogP contribution in [0.3, 0.4) is 0 Å². The van der Waals surface area contributed by atoms with Crippen LogP contribution in [-0.4, -0.2) is 28.6 Å². The lowest BCUT2D eigenvalue weighted by Gasteiger charge is -2.07. The molecule has 0 aliphatic rings. The summed E-state index contributed by atoms with van der Waals surface area (Å²) < 4.78 is 5.03. The molecule has 1 aromatic carbocycles. The monoisotopic (exact) mass is 334 g/mol. The van der Waals surface area contributed by atoms with E-state index < -0.39 is 5.97 Å². The van der Waals surface area contributed by atoms with E-state index in [0.29, 0.717) is 17.9 Å². The van der Waals surface area contributed by atoms with Crippen LogP contribution in [0.2, 0.25) is 0 Å². The van der Waals surface area contributed by atoms with Gasteiger partial charge >= 0.3 is 5.97 Å². The zero-order valence-electron chi connectivity index (χ0n) is 12.7. The molecule has 0 aliphatic carbocycles. The second-order valence-corrected chi connectivity index (χ2v) is 6.03. The van der Waals surface area contributed by atoms with Crippen molar-refractivity contribution in [3.8, 4) is 5.75 Å². The lowest BCUT2D eigenvalue weighted by Crippen LogP contribution is -2.12. The van der Waals surface area contributed by atoms with E-state index in [1.54, 1.807) is 35.6 Å². The number of aliphatic carboxylic acids is 1. The third-order valence-corrected chi connectivity index (χ3v) is 3.83. The summed E-state index contributed by atoms with van der Waals surface area (Å²) in [5.74, 6) is -0.641. The minimum Gasteiger partial charge on any atom is -0.482 e. The Morgan fingerprint density at radius 1 is 1.30 bits per heavy atom. The van der Waals surface area contributed by atoms with Crippen molar-refractivity contribution in [1.82, 2.24) is 4.98 Å². The number of anilines is 1. The van der Waals surface area contributed by atoms with Crippen molar-refractivity contribution in [3.05, 3.63) is 40.3 Å². The molecule has 122 valence electrons. The van der Waals surface area contributed by atoms with Crippen LogP contribution in [0.25, 0.3) is 0 Å². The number of nitrogens with zero attached hydrogens (tertiary/aromatic N) is 1. The van der Waals surface area contributed by atoms with Gasteiger partial charge in [-0.3, -0.25) is 4.79 Å². The van der Waals surface area contributed by atoms with Gasteiger partial charge in [0.2, 0.25) is 5.91 Å². The zero-order valence-corrected chi connectivity index (χ0v) is 13.6. The van der Waals surface area contributed by atoms with Gasteiger partial charge in [0.1, 0.15) is 5.75 Å². The summed E-state index contributed by atoms with van der Waals surface area (Å²) in [7, 11) is 0. The summed E-state index contributed by atoms with van der Waals surface area (Å²) in [6.45, 7) is 1.58. The van der Waals surface area contributed by atoms with E-state index in [2.05, 4.69) is 10.3 Å². The number of thiazole rings is 1. The van der Waals surface area contributed by atoms with Crippen LogP contribution in [0, 0.1) is 6.92 Å². The number of amides is 1. The molecule has 0 atom stereocenters. The molecule has 2 N–H and O–H groups in total. The molecule has 2 aromatic rings. The highest BCUT2D eigenvalue weighted by molar-refractivity contribution is 7.09. The predicted octanol–water partition coefficient (Wildman–Crippen LogP) is 2.88. The molecule has 6 nitrogen and oxygen atoms in total. The average molecular weight is 334 g/mol. The highest BCUT2D eigenvalue weighted by Gasteiger charge is 2.05. The molecule has 7 heteroatoms. The predicted molar refractivity (Wildman–Crippen MR) is 88.0 cm³/mol. The number of hydrogen-bond donors (Lipinski definition) is 2. The fourth-order valence-electron chi connectivity index (χ4n) is 1.96. The number of carbonyl (C=O) groups is 2. The van der Waals surface area contributed by atoms with Gasteiger partial charge in [0, 0.05) is 17.5 Å². The molecule has 0 bridgehead atoms. The van der Waals surface area contributed by atoms with E-state index in [9.17, 15) is 9.59 Å². The molecular weight excluding hydrogens is 316 g/mol. The topological polar surface area (TPSA) is 88.5 Å². The SMILES string of the molecule is Cc1nc(CCCC(=O)Nc2ccc(OCC(=O)O)cc2)cs1. The molecule has 0 saturated carbocycles. The van der Waals surface area contributed by atoms with E-state index in [4.69, 9.17) is 9.84 Å². The molecular formula is C16H18N2O4S. The quantitative estimate of drug-likeness (QED) is 0.775. The molecule has 0 saturated heterocycles. The summed E-state index contributed by atoms with van der Waals surface area (Å²) in [5, 5.41) is 14.4. The number of carbonyl (C=O) groups excluding carboxylic acids is 1. The largest absolute Gasteiger partial charge is 0.482 e. The second-order valence-electron chi connectivity index (χ2n) is 4.97. The Hall–Kier alpha value is -2.41. The number of nitrogens with one attached hydrogen (secondary N) is 1. The Morgan fingerprint density at radius 3 is 2.65 bits per heavy atom. The lowest BCUT2D eigenvalue weighted by molar-refractivity contribution is -0.139. The molecule has 1 heterocycles. The molecule has 0 radical (unpaired) electrons. The molecule has 0 unspecified atom stereocenters. The zero-order chi connectivity index (χ0) is 16.7. The Labute approximate surface area is 138 Å². The first-order valence-corrected chi connectivity index (χ1v) is 8.06. The molecule has 0 aliphatic heterocycles. The number of ether oxygens (including phenoxy) is 1. The average Bonchev–Trinajstić information content (AvgIpc) is 2.92. The molecule has 2 rings (SSSR count). The molecule has 0 spiro atoms. The number of aromatic nitrogens is 1. The van der Waals surface area contributed by atoms with Crippen molar-refractivity contribution < 1.29 is 19.4 Å². The van der Waals surface area contributed by atoms with Gasteiger partial charge < -0.3 is 15.2 Å². The van der Waals surface area contributed by atoms with Gasteiger partial charge in [0.05, 0.1) is 10.7 Å². The summed E-state index contributed by atoms with van der Waals surface area (Å²) in [6, 6.07) is 6.60. The minimum atomic E-state index is -1.03. The van der Waals surface area contributed by atoms with E-state index in [-0.39, 0.29) is 12.5 Å². The van der Waals surface area contributed by atoms with Gasteiger partial charge in [-0.25, -0.2) is 9.78 Å². The summed E-state index contributed by atoms with van der Waals surface area (Å²) >= 11 is 1.61. The van der Waals surface area contributed by atoms with Crippen molar-refractivity contribution in [2.75, 3.05) is 11.9 Å². The first-order chi connectivity index (χ1) is 11.0. The molecule has 1 aromatic heterocycles. The van der Waals surface area contributed by atoms with Gasteiger partial charge in [-0.2, -0.15) is 0 Å². The van der Waals surface area contributed by atoms with Crippen LogP contribution < -0.4 is 10.1 Å². The van der Waals surface area contributed by atoms with Crippen LogP contribution in [-0.2, 0) is 16.0 Å². The first kappa shape index (κ1) is 17.0. The third kappa shape index (κ3) is 6.07. The Bertz CT molecular complexity index is 667. The Balaban J connectivity index is 1.73. The standard InChI is InChI=1S/C16H18N2O4S/c1-11-17-13(10-23-11)3-2-4-15(19)18-12-5-7-14(8-6-12)22-9-16(20)21/h5-8,10H,2-4,9H2,1H3,(H,18,19)(H,20,21). The van der Waals surface area contributed by atoms with E-state index in [1.165, 1.54) is 0 Å². The van der Waals surface area contributed by atoms with Gasteiger partial charge in [0.25, 0.3) is 0 Å². The van der Waals surface area contributed by atoms with Crippen molar-refractivity contribution >= 4 is 28.9 Å². The van der Waals surface area contributed by atoms with Gasteiger partial charge in [-0.1, -0.05) is 0 Å². The maximum atomic E-state index is 11.9. The van der Waals surface area contributed by atoms with Crippen LogP contribution in [0.4, 0.5) is 5.69 Å². The summed E-state index contributed by atoms with van der Waals surface area (Å²) in [4.78, 5) is 26.6. The maximum absolute atomic E-state index is 11.9.